The monoisotopic (exact) mass is 512 g/mol. The van der Waals surface area contributed by atoms with Crippen LogP contribution in [0.2, 0.25) is 0 Å². The fourth-order valence-electron chi connectivity index (χ4n) is 4.68. The number of pyridine rings is 1. The second kappa shape index (κ2) is 11.8. The summed E-state index contributed by atoms with van der Waals surface area (Å²) in [4.78, 5) is 13.8. The highest BCUT2D eigenvalue weighted by Crippen LogP contribution is 2.38. The molecule has 4 N–H and O–H groups in total. The third-order valence-corrected chi connectivity index (χ3v) is 7.01. The summed E-state index contributed by atoms with van der Waals surface area (Å²) >= 11 is 0. The number of aliphatic hydroxyl groups is 1. The summed E-state index contributed by atoms with van der Waals surface area (Å²) in [6, 6.07) is 16.3. The minimum Gasteiger partial charge on any atom is -0.437 e. The van der Waals surface area contributed by atoms with Crippen molar-refractivity contribution in [2.45, 2.75) is 45.8 Å². The van der Waals surface area contributed by atoms with Gasteiger partial charge in [-0.15, -0.1) is 0 Å². The van der Waals surface area contributed by atoms with Crippen molar-refractivity contribution in [3.05, 3.63) is 66.5 Å². The molecule has 0 unspecified atom stereocenters. The fraction of sp³-hybridized carbons (Fsp3) is 0.367. The van der Waals surface area contributed by atoms with E-state index in [1.807, 2.05) is 51.1 Å². The maximum absolute atomic E-state index is 10.3. The van der Waals surface area contributed by atoms with Gasteiger partial charge < -0.3 is 25.8 Å². The summed E-state index contributed by atoms with van der Waals surface area (Å²) in [6.45, 7) is 8.50. The molecule has 8 heteroatoms. The van der Waals surface area contributed by atoms with E-state index in [0.717, 1.165) is 65.0 Å². The molecular weight excluding hydrogens is 476 g/mol. The lowest BCUT2D eigenvalue weighted by atomic mass is 10.0. The van der Waals surface area contributed by atoms with Gasteiger partial charge in [0.05, 0.1) is 17.4 Å². The Hall–Kier alpha value is -3.75. The number of nitrogens with zero attached hydrogens (tertiary/aromatic N) is 3. The molecule has 0 radical (unpaired) electrons. The summed E-state index contributed by atoms with van der Waals surface area (Å²) in [5, 5.41) is 22.6. The van der Waals surface area contributed by atoms with Crippen molar-refractivity contribution in [3.63, 3.8) is 0 Å². The molecule has 2 aromatic heterocycles. The Balaban J connectivity index is 1.45. The zero-order valence-corrected chi connectivity index (χ0v) is 22.2. The van der Waals surface area contributed by atoms with E-state index in [1.54, 1.807) is 12.4 Å². The van der Waals surface area contributed by atoms with Crippen LogP contribution in [0.4, 0.5) is 11.6 Å². The lowest BCUT2D eigenvalue weighted by molar-refractivity contribution is 0.138. The number of benzene rings is 2. The zero-order chi connectivity index (χ0) is 26.5. The molecule has 1 fully saturated rings. The summed E-state index contributed by atoms with van der Waals surface area (Å²) in [6.07, 6.45) is 5.30. The number of fused-ring (bicyclic) bond motifs is 1. The Morgan fingerprint density at radius 3 is 2.76 bits per heavy atom. The molecule has 8 nitrogen and oxygen atoms in total. The second-order valence-electron chi connectivity index (χ2n) is 10.2. The lowest BCUT2D eigenvalue weighted by Crippen LogP contribution is -2.38. The van der Waals surface area contributed by atoms with Gasteiger partial charge in [-0.1, -0.05) is 38.1 Å². The van der Waals surface area contributed by atoms with Crippen molar-refractivity contribution in [1.29, 1.82) is 0 Å². The number of rotatable bonds is 9. The zero-order valence-electron chi connectivity index (χ0n) is 22.2. The second-order valence-corrected chi connectivity index (χ2v) is 10.2. The minimum absolute atomic E-state index is 0.179. The van der Waals surface area contributed by atoms with E-state index in [0.29, 0.717) is 24.4 Å². The first-order valence-corrected chi connectivity index (χ1v) is 13.4. The quantitative estimate of drug-likeness (QED) is 0.237. The van der Waals surface area contributed by atoms with Gasteiger partial charge in [0, 0.05) is 48.0 Å². The number of aliphatic hydroxyl groups excluding tert-OH is 1. The number of hydrogen-bond donors (Lipinski definition) is 4. The summed E-state index contributed by atoms with van der Waals surface area (Å²) in [7, 11) is 0. The summed E-state index contributed by atoms with van der Waals surface area (Å²) in [5.74, 6) is 2.02. The molecule has 0 amide bonds. The van der Waals surface area contributed by atoms with E-state index >= 15 is 0 Å². The topological polar surface area (TPSA) is 104 Å². The number of aromatic nitrogens is 3. The largest absolute Gasteiger partial charge is 0.437 e. The Kier molecular flexibility index (Phi) is 8.00. The molecule has 2 atom stereocenters. The van der Waals surface area contributed by atoms with Crippen LogP contribution in [0.1, 0.15) is 32.3 Å². The molecule has 0 saturated carbocycles. The minimum atomic E-state index is -0.427. The van der Waals surface area contributed by atoms with Gasteiger partial charge in [-0.2, -0.15) is 0 Å². The van der Waals surface area contributed by atoms with Crippen molar-refractivity contribution in [2.24, 2.45) is 5.92 Å². The average molecular weight is 513 g/mol. The first kappa shape index (κ1) is 25.9. The van der Waals surface area contributed by atoms with Gasteiger partial charge in [0.15, 0.2) is 0 Å². The van der Waals surface area contributed by atoms with Gasteiger partial charge in [0.2, 0.25) is 11.8 Å². The van der Waals surface area contributed by atoms with E-state index in [-0.39, 0.29) is 5.92 Å². The van der Waals surface area contributed by atoms with E-state index in [1.165, 1.54) is 0 Å². The summed E-state index contributed by atoms with van der Waals surface area (Å²) in [5.41, 5.74) is 3.50. The Morgan fingerprint density at radius 1 is 1.05 bits per heavy atom. The maximum Gasteiger partial charge on any atom is 0.228 e. The van der Waals surface area contributed by atoms with Crippen LogP contribution in [0, 0.1) is 12.8 Å². The molecule has 1 aliphatic rings. The van der Waals surface area contributed by atoms with Gasteiger partial charge in [-0.3, -0.25) is 0 Å². The fourth-order valence-corrected chi connectivity index (χ4v) is 4.68. The first-order chi connectivity index (χ1) is 18.5. The molecule has 198 valence electrons. The molecule has 0 bridgehead atoms. The van der Waals surface area contributed by atoms with Crippen LogP contribution in [0.3, 0.4) is 0 Å². The van der Waals surface area contributed by atoms with Gasteiger partial charge in [0.25, 0.3) is 0 Å². The van der Waals surface area contributed by atoms with E-state index < -0.39 is 6.10 Å². The third kappa shape index (κ3) is 5.87. The Labute approximate surface area is 223 Å². The van der Waals surface area contributed by atoms with Crippen LogP contribution in [0.5, 0.6) is 11.6 Å². The van der Waals surface area contributed by atoms with Crippen molar-refractivity contribution in [3.8, 4) is 22.9 Å². The highest BCUT2D eigenvalue weighted by atomic mass is 16.5. The van der Waals surface area contributed by atoms with Gasteiger partial charge in [-0.25, -0.2) is 15.0 Å². The van der Waals surface area contributed by atoms with Crippen molar-refractivity contribution in [2.75, 3.05) is 30.3 Å². The average Bonchev–Trinajstić information content (AvgIpc) is 2.94. The van der Waals surface area contributed by atoms with E-state index in [9.17, 15) is 5.11 Å². The number of ether oxygens (including phenoxy) is 1. The molecule has 3 heterocycles. The normalized spacial score (nSPS) is 16.4. The number of aryl methyl sites for hydroxylation is 1. The number of nitrogens with one attached hydrogen (secondary N) is 3. The molecule has 4 aromatic rings. The lowest BCUT2D eigenvalue weighted by Gasteiger charge is -2.23. The summed E-state index contributed by atoms with van der Waals surface area (Å²) < 4.78 is 6.54. The van der Waals surface area contributed by atoms with Crippen LogP contribution in [0.15, 0.2) is 60.9 Å². The molecule has 2 aromatic carbocycles. The van der Waals surface area contributed by atoms with Crippen LogP contribution in [0.25, 0.3) is 22.0 Å². The molecule has 1 aliphatic heterocycles. The number of hydrogen-bond acceptors (Lipinski definition) is 8. The molecule has 1 saturated heterocycles. The maximum atomic E-state index is 10.3. The van der Waals surface area contributed by atoms with Crippen LogP contribution in [-0.4, -0.2) is 51.8 Å². The van der Waals surface area contributed by atoms with Crippen LogP contribution < -0.4 is 20.7 Å². The number of anilines is 2. The number of piperidine rings is 1. The van der Waals surface area contributed by atoms with Gasteiger partial charge in [0.1, 0.15) is 5.75 Å². The van der Waals surface area contributed by atoms with Gasteiger partial charge >= 0.3 is 0 Å². The van der Waals surface area contributed by atoms with Crippen molar-refractivity contribution < 1.29 is 9.84 Å². The molecule has 0 spiro atoms. The molecular formula is C30H36N6O2. The standard InChI is InChI=1S/C30H36N6O2/c1-19(2)27(37)18-34-25-10-4-8-23-22(25)12-11-20(3)28(23)38-29-24(9-6-15-32-29)26-13-16-33-30(36-26)35-21-7-5-14-31-17-21/h4,6,8-13,15-16,19,21,27,31,34,37H,5,7,14,17-18H2,1-3H3,(H,33,35,36)/t21-,27-/m0/s1. The van der Waals surface area contributed by atoms with Crippen molar-refractivity contribution >= 4 is 22.4 Å². The SMILES string of the molecule is Cc1ccc2c(NC[C@H](O)C(C)C)cccc2c1Oc1ncccc1-c1ccnc(N[C@H]2CCCNC2)n1. The van der Waals surface area contributed by atoms with Crippen LogP contribution >= 0.6 is 0 Å². The molecule has 0 aliphatic carbocycles. The third-order valence-electron chi connectivity index (χ3n) is 7.01. The molecule has 38 heavy (non-hydrogen) atoms. The van der Waals surface area contributed by atoms with E-state index in [4.69, 9.17) is 9.72 Å². The Morgan fingerprint density at radius 2 is 1.95 bits per heavy atom. The van der Waals surface area contributed by atoms with Crippen LogP contribution in [-0.2, 0) is 0 Å². The smallest absolute Gasteiger partial charge is 0.228 e. The predicted molar refractivity (Wildman–Crippen MR) is 153 cm³/mol. The van der Waals surface area contributed by atoms with E-state index in [2.05, 4.69) is 44.1 Å². The van der Waals surface area contributed by atoms with Gasteiger partial charge in [-0.05, 0) is 62.1 Å². The highest BCUT2D eigenvalue weighted by Gasteiger charge is 2.18. The highest BCUT2D eigenvalue weighted by molar-refractivity contribution is 5.98. The first-order valence-electron chi connectivity index (χ1n) is 13.4. The predicted octanol–water partition coefficient (Wildman–Crippen LogP) is 5.39. The Bertz CT molecular complexity index is 1390. The molecule has 5 rings (SSSR count). The van der Waals surface area contributed by atoms with Crippen molar-refractivity contribution in [1.82, 2.24) is 20.3 Å².